The molecule has 1 unspecified atom stereocenters. The highest BCUT2D eigenvalue weighted by atomic mass is 16.6. The van der Waals surface area contributed by atoms with Crippen molar-refractivity contribution in [1.82, 2.24) is 9.80 Å². The van der Waals surface area contributed by atoms with Crippen molar-refractivity contribution >= 4 is 6.09 Å². The standard InChI is InChI=1S/C18H27N3O2/c19-9-11-20-10-8-16(12-20)13-21(17-6-7-17)18(22)23-14-15-4-2-1-3-5-15/h1-5,16-17H,6-14,19H2. The van der Waals surface area contributed by atoms with Crippen molar-refractivity contribution in [3.63, 3.8) is 0 Å². The fourth-order valence-corrected chi connectivity index (χ4v) is 3.29. The second-order valence-electron chi connectivity index (χ2n) is 6.67. The summed E-state index contributed by atoms with van der Waals surface area (Å²) in [5.74, 6) is 0.548. The normalized spacial score (nSPS) is 21.3. The van der Waals surface area contributed by atoms with Gasteiger partial charge in [-0.1, -0.05) is 30.3 Å². The van der Waals surface area contributed by atoms with Crippen molar-refractivity contribution in [1.29, 1.82) is 0 Å². The first-order valence-electron chi connectivity index (χ1n) is 8.66. The van der Waals surface area contributed by atoms with Crippen molar-refractivity contribution < 1.29 is 9.53 Å². The third-order valence-corrected chi connectivity index (χ3v) is 4.70. The first-order valence-corrected chi connectivity index (χ1v) is 8.66. The first-order chi connectivity index (χ1) is 11.3. The number of likely N-dealkylation sites (tertiary alicyclic amines) is 1. The van der Waals surface area contributed by atoms with E-state index in [2.05, 4.69) is 4.90 Å². The smallest absolute Gasteiger partial charge is 0.410 e. The summed E-state index contributed by atoms with van der Waals surface area (Å²) in [6.45, 7) is 4.98. The Morgan fingerprint density at radius 1 is 1.26 bits per heavy atom. The molecule has 2 fully saturated rings. The number of carbonyl (C=O) groups excluding carboxylic acids is 1. The molecule has 1 aromatic carbocycles. The fraction of sp³-hybridized carbons (Fsp3) is 0.611. The quantitative estimate of drug-likeness (QED) is 0.836. The van der Waals surface area contributed by atoms with Gasteiger partial charge < -0.3 is 20.3 Å². The summed E-state index contributed by atoms with van der Waals surface area (Å²) >= 11 is 0. The van der Waals surface area contributed by atoms with Crippen LogP contribution >= 0.6 is 0 Å². The lowest BCUT2D eigenvalue weighted by Gasteiger charge is -2.25. The van der Waals surface area contributed by atoms with Gasteiger partial charge in [-0.15, -0.1) is 0 Å². The molecule has 1 aromatic rings. The molecule has 1 amide bonds. The van der Waals surface area contributed by atoms with E-state index in [1.165, 1.54) is 0 Å². The molecular weight excluding hydrogens is 290 g/mol. The molecule has 3 rings (SSSR count). The lowest BCUT2D eigenvalue weighted by molar-refractivity contribution is 0.0876. The molecule has 5 nitrogen and oxygen atoms in total. The molecule has 1 heterocycles. The van der Waals surface area contributed by atoms with E-state index >= 15 is 0 Å². The van der Waals surface area contributed by atoms with Gasteiger partial charge in [0.05, 0.1) is 0 Å². The molecule has 2 aliphatic rings. The summed E-state index contributed by atoms with van der Waals surface area (Å²) in [6.07, 6.45) is 3.21. The molecule has 0 aromatic heterocycles. The van der Waals surface area contributed by atoms with Crippen LogP contribution in [-0.2, 0) is 11.3 Å². The predicted octanol–water partition coefficient (Wildman–Crippen LogP) is 2.07. The summed E-state index contributed by atoms with van der Waals surface area (Å²) in [4.78, 5) is 16.8. The second-order valence-corrected chi connectivity index (χ2v) is 6.67. The minimum atomic E-state index is -0.159. The molecule has 1 atom stereocenters. The van der Waals surface area contributed by atoms with E-state index in [4.69, 9.17) is 10.5 Å². The van der Waals surface area contributed by atoms with Crippen LogP contribution in [0.3, 0.4) is 0 Å². The Labute approximate surface area is 138 Å². The summed E-state index contributed by atoms with van der Waals surface area (Å²) < 4.78 is 5.53. The molecule has 1 aliphatic heterocycles. The third kappa shape index (κ3) is 4.69. The Kier molecular flexibility index (Phi) is 5.51. The first kappa shape index (κ1) is 16.3. The summed E-state index contributed by atoms with van der Waals surface area (Å²) in [5, 5.41) is 0. The highest BCUT2D eigenvalue weighted by Crippen LogP contribution is 2.30. The average Bonchev–Trinajstić information content (AvgIpc) is 3.32. The molecule has 23 heavy (non-hydrogen) atoms. The number of hydrogen-bond donors (Lipinski definition) is 1. The van der Waals surface area contributed by atoms with Crippen LogP contribution in [0.5, 0.6) is 0 Å². The van der Waals surface area contributed by atoms with Crippen LogP contribution in [0.1, 0.15) is 24.8 Å². The van der Waals surface area contributed by atoms with Gasteiger partial charge in [-0.2, -0.15) is 0 Å². The number of benzene rings is 1. The molecule has 5 heteroatoms. The largest absolute Gasteiger partial charge is 0.445 e. The highest BCUT2D eigenvalue weighted by Gasteiger charge is 2.36. The second kappa shape index (κ2) is 7.79. The van der Waals surface area contributed by atoms with E-state index in [1.807, 2.05) is 35.2 Å². The number of nitrogens with two attached hydrogens (primary N) is 1. The number of amides is 1. The van der Waals surface area contributed by atoms with Gasteiger partial charge in [0.1, 0.15) is 6.61 Å². The van der Waals surface area contributed by atoms with Gasteiger partial charge in [0.15, 0.2) is 0 Å². The maximum absolute atomic E-state index is 12.5. The van der Waals surface area contributed by atoms with Gasteiger partial charge in [0.2, 0.25) is 0 Å². The van der Waals surface area contributed by atoms with Gasteiger partial charge in [0, 0.05) is 32.2 Å². The van der Waals surface area contributed by atoms with Gasteiger partial charge in [-0.05, 0) is 37.3 Å². The van der Waals surface area contributed by atoms with Crippen molar-refractivity contribution in [2.45, 2.75) is 31.9 Å². The molecule has 1 saturated carbocycles. The molecule has 126 valence electrons. The zero-order valence-electron chi connectivity index (χ0n) is 13.7. The summed E-state index contributed by atoms with van der Waals surface area (Å²) in [5.41, 5.74) is 6.66. The van der Waals surface area contributed by atoms with Crippen LogP contribution in [0.4, 0.5) is 4.79 Å². The molecule has 1 saturated heterocycles. The topological polar surface area (TPSA) is 58.8 Å². The van der Waals surface area contributed by atoms with Crippen molar-refractivity contribution in [2.24, 2.45) is 11.7 Å². The van der Waals surface area contributed by atoms with Gasteiger partial charge in [0.25, 0.3) is 0 Å². The van der Waals surface area contributed by atoms with Crippen LogP contribution in [0.15, 0.2) is 30.3 Å². The van der Waals surface area contributed by atoms with Gasteiger partial charge in [-0.25, -0.2) is 4.79 Å². The Bertz CT molecular complexity index is 504. The molecule has 0 bridgehead atoms. The van der Waals surface area contributed by atoms with E-state index < -0.39 is 0 Å². The maximum atomic E-state index is 12.5. The van der Waals surface area contributed by atoms with Crippen LogP contribution in [0, 0.1) is 5.92 Å². The Hall–Kier alpha value is -1.59. The lowest BCUT2D eigenvalue weighted by atomic mass is 10.1. The zero-order valence-corrected chi connectivity index (χ0v) is 13.7. The summed E-state index contributed by atoms with van der Waals surface area (Å²) in [6, 6.07) is 10.3. The number of rotatable bonds is 7. The van der Waals surface area contributed by atoms with Crippen molar-refractivity contribution in [3.05, 3.63) is 35.9 Å². The van der Waals surface area contributed by atoms with E-state index in [1.54, 1.807) is 0 Å². The van der Waals surface area contributed by atoms with Crippen LogP contribution in [0.25, 0.3) is 0 Å². The minimum Gasteiger partial charge on any atom is -0.445 e. The molecule has 2 N–H and O–H groups in total. The Balaban J connectivity index is 1.49. The zero-order chi connectivity index (χ0) is 16.1. The number of nitrogens with zero attached hydrogens (tertiary/aromatic N) is 2. The highest BCUT2D eigenvalue weighted by molar-refractivity contribution is 5.68. The van der Waals surface area contributed by atoms with Crippen LogP contribution in [-0.4, -0.2) is 54.7 Å². The van der Waals surface area contributed by atoms with Crippen LogP contribution < -0.4 is 5.73 Å². The minimum absolute atomic E-state index is 0.159. The number of ether oxygens (including phenoxy) is 1. The number of carbonyl (C=O) groups is 1. The number of hydrogen-bond acceptors (Lipinski definition) is 4. The molecule has 0 radical (unpaired) electrons. The Morgan fingerprint density at radius 3 is 2.74 bits per heavy atom. The van der Waals surface area contributed by atoms with Crippen LogP contribution in [0.2, 0.25) is 0 Å². The van der Waals surface area contributed by atoms with E-state index in [0.29, 0.717) is 25.1 Å². The monoisotopic (exact) mass is 317 g/mol. The predicted molar refractivity (Wildman–Crippen MR) is 90.0 cm³/mol. The molecule has 1 aliphatic carbocycles. The summed E-state index contributed by atoms with van der Waals surface area (Å²) in [7, 11) is 0. The fourth-order valence-electron chi connectivity index (χ4n) is 3.29. The lowest BCUT2D eigenvalue weighted by Crippen LogP contribution is -2.38. The third-order valence-electron chi connectivity index (χ3n) is 4.70. The molecule has 0 spiro atoms. The van der Waals surface area contributed by atoms with Gasteiger partial charge in [-0.3, -0.25) is 0 Å². The van der Waals surface area contributed by atoms with E-state index in [-0.39, 0.29) is 6.09 Å². The van der Waals surface area contributed by atoms with Crippen molar-refractivity contribution in [3.8, 4) is 0 Å². The SMILES string of the molecule is NCCN1CCC(CN(C(=O)OCc2ccccc2)C2CC2)C1. The average molecular weight is 317 g/mol. The van der Waals surface area contributed by atoms with Gasteiger partial charge >= 0.3 is 6.09 Å². The van der Waals surface area contributed by atoms with E-state index in [0.717, 1.165) is 51.0 Å². The van der Waals surface area contributed by atoms with Crippen molar-refractivity contribution in [2.75, 3.05) is 32.7 Å². The molecular formula is C18H27N3O2. The van der Waals surface area contributed by atoms with E-state index in [9.17, 15) is 4.79 Å². The maximum Gasteiger partial charge on any atom is 0.410 e. The Morgan fingerprint density at radius 2 is 2.04 bits per heavy atom.